The van der Waals surface area contributed by atoms with Gasteiger partial charge in [0.25, 0.3) is 0 Å². The largest absolute Gasteiger partial charge is 0.325 e. The SMILES string of the molecule is CC(=O)Nc1ccsc1CNCC(F)(F)C(F)F. The van der Waals surface area contributed by atoms with Crippen molar-refractivity contribution < 1.29 is 22.4 Å². The van der Waals surface area contributed by atoms with Crippen LogP contribution in [0.5, 0.6) is 0 Å². The minimum Gasteiger partial charge on any atom is -0.325 e. The molecule has 1 aromatic heterocycles. The van der Waals surface area contributed by atoms with E-state index in [1.807, 2.05) is 0 Å². The monoisotopic (exact) mass is 284 g/mol. The van der Waals surface area contributed by atoms with Crippen LogP contribution in [0.1, 0.15) is 11.8 Å². The third-order valence-corrected chi connectivity index (χ3v) is 2.94. The molecule has 3 nitrogen and oxygen atoms in total. The van der Waals surface area contributed by atoms with E-state index in [0.29, 0.717) is 10.6 Å². The Morgan fingerprint density at radius 1 is 1.50 bits per heavy atom. The number of thiophene rings is 1. The zero-order valence-electron chi connectivity index (χ0n) is 9.47. The molecule has 0 fully saturated rings. The molecule has 0 bridgehead atoms. The van der Waals surface area contributed by atoms with Crippen molar-refractivity contribution >= 4 is 22.9 Å². The van der Waals surface area contributed by atoms with E-state index in [1.54, 1.807) is 11.4 Å². The molecule has 0 aliphatic rings. The van der Waals surface area contributed by atoms with Gasteiger partial charge in [-0.2, -0.15) is 8.78 Å². The van der Waals surface area contributed by atoms with E-state index < -0.39 is 18.9 Å². The second kappa shape index (κ2) is 6.14. The van der Waals surface area contributed by atoms with Gasteiger partial charge in [0.05, 0.1) is 12.2 Å². The Hall–Kier alpha value is -1.15. The zero-order valence-corrected chi connectivity index (χ0v) is 10.3. The summed E-state index contributed by atoms with van der Waals surface area (Å²) in [6.07, 6.45) is -3.69. The van der Waals surface area contributed by atoms with Crippen molar-refractivity contribution in [1.29, 1.82) is 0 Å². The van der Waals surface area contributed by atoms with E-state index in [9.17, 15) is 22.4 Å². The van der Waals surface area contributed by atoms with Gasteiger partial charge in [-0.05, 0) is 11.4 Å². The normalized spacial score (nSPS) is 11.9. The fourth-order valence-corrected chi connectivity index (χ4v) is 2.00. The van der Waals surface area contributed by atoms with Crippen LogP contribution in [0.3, 0.4) is 0 Å². The molecule has 0 saturated carbocycles. The average Bonchev–Trinajstić information content (AvgIpc) is 2.64. The Labute approximate surface area is 105 Å². The summed E-state index contributed by atoms with van der Waals surface area (Å²) < 4.78 is 49.0. The topological polar surface area (TPSA) is 41.1 Å². The van der Waals surface area contributed by atoms with Gasteiger partial charge in [0, 0.05) is 18.3 Å². The fourth-order valence-electron chi connectivity index (χ4n) is 1.20. The van der Waals surface area contributed by atoms with Crippen molar-refractivity contribution in [1.82, 2.24) is 5.32 Å². The fraction of sp³-hybridized carbons (Fsp3) is 0.500. The molecule has 0 aliphatic heterocycles. The average molecular weight is 284 g/mol. The molecular formula is C10H12F4N2OS. The molecule has 2 N–H and O–H groups in total. The molecule has 1 heterocycles. The van der Waals surface area contributed by atoms with E-state index in [-0.39, 0.29) is 12.5 Å². The summed E-state index contributed by atoms with van der Waals surface area (Å²) in [7, 11) is 0. The lowest BCUT2D eigenvalue weighted by Crippen LogP contribution is -2.38. The zero-order chi connectivity index (χ0) is 13.8. The molecule has 1 aromatic rings. The number of anilines is 1. The number of halogens is 4. The van der Waals surface area contributed by atoms with Gasteiger partial charge < -0.3 is 10.6 Å². The van der Waals surface area contributed by atoms with Gasteiger partial charge in [-0.3, -0.25) is 4.79 Å². The van der Waals surface area contributed by atoms with Gasteiger partial charge in [0.2, 0.25) is 5.91 Å². The smallest absolute Gasteiger partial charge is 0.319 e. The Bertz CT molecular complexity index is 408. The maximum atomic E-state index is 12.6. The van der Waals surface area contributed by atoms with Crippen LogP contribution in [0, 0.1) is 0 Å². The third kappa shape index (κ3) is 4.26. The Balaban J connectivity index is 2.49. The molecule has 0 saturated heterocycles. The van der Waals surface area contributed by atoms with Crippen LogP contribution in [-0.2, 0) is 11.3 Å². The van der Waals surface area contributed by atoms with Crippen LogP contribution >= 0.6 is 11.3 Å². The maximum Gasteiger partial charge on any atom is 0.319 e. The Kier molecular flexibility index (Phi) is 5.09. The molecule has 0 radical (unpaired) electrons. The van der Waals surface area contributed by atoms with Crippen LogP contribution in [0.4, 0.5) is 23.2 Å². The van der Waals surface area contributed by atoms with Crippen LogP contribution in [0.25, 0.3) is 0 Å². The molecule has 1 rings (SSSR count). The molecule has 8 heteroatoms. The predicted molar refractivity (Wildman–Crippen MR) is 61.3 cm³/mol. The van der Waals surface area contributed by atoms with Gasteiger partial charge in [-0.25, -0.2) is 8.78 Å². The summed E-state index contributed by atoms with van der Waals surface area (Å²) in [6, 6.07) is 1.62. The first-order valence-corrected chi connectivity index (χ1v) is 5.91. The lowest BCUT2D eigenvalue weighted by molar-refractivity contribution is -0.125. The number of nitrogens with one attached hydrogen (secondary N) is 2. The number of amides is 1. The molecule has 0 unspecified atom stereocenters. The van der Waals surface area contributed by atoms with E-state index in [2.05, 4.69) is 10.6 Å². The van der Waals surface area contributed by atoms with Crippen molar-refractivity contribution in [2.45, 2.75) is 25.8 Å². The molecular weight excluding hydrogens is 272 g/mol. The highest BCUT2D eigenvalue weighted by molar-refractivity contribution is 7.10. The van der Waals surface area contributed by atoms with Crippen molar-refractivity contribution in [2.75, 3.05) is 11.9 Å². The van der Waals surface area contributed by atoms with Crippen LogP contribution < -0.4 is 10.6 Å². The first-order valence-electron chi connectivity index (χ1n) is 5.03. The summed E-state index contributed by atoms with van der Waals surface area (Å²) in [4.78, 5) is 11.4. The van der Waals surface area contributed by atoms with Crippen molar-refractivity contribution in [3.05, 3.63) is 16.3 Å². The number of carbonyl (C=O) groups is 1. The number of hydrogen-bond acceptors (Lipinski definition) is 3. The van der Waals surface area contributed by atoms with E-state index in [4.69, 9.17) is 0 Å². The first kappa shape index (κ1) is 14.9. The standard InChI is InChI=1S/C10H12F4N2OS/c1-6(17)16-7-2-3-18-8(7)4-15-5-10(13,14)9(11)12/h2-3,9,15H,4-5H2,1H3,(H,16,17). The number of hydrogen-bond donors (Lipinski definition) is 2. The minimum atomic E-state index is -4.05. The summed E-state index contributed by atoms with van der Waals surface area (Å²) in [6.45, 7) is 0.206. The molecule has 0 atom stereocenters. The van der Waals surface area contributed by atoms with Gasteiger partial charge in [-0.1, -0.05) is 0 Å². The van der Waals surface area contributed by atoms with Crippen LogP contribution in [-0.4, -0.2) is 24.8 Å². The van der Waals surface area contributed by atoms with Crippen molar-refractivity contribution in [3.8, 4) is 0 Å². The summed E-state index contributed by atoms with van der Waals surface area (Å²) in [5.41, 5.74) is 0.500. The van der Waals surface area contributed by atoms with Gasteiger partial charge in [-0.15, -0.1) is 11.3 Å². The van der Waals surface area contributed by atoms with Crippen LogP contribution in [0.15, 0.2) is 11.4 Å². The highest BCUT2D eigenvalue weighted by atomic mass is 32.1. The highest BCUT2D eigenvalue weighted by Crippen LogP contribution is 2.24. The second-order valence-corrected chi connectivity index (χ2v) is 4.60. The highest BCUT2D eigenvalue weighted by Gasteiger charge is 2.40. The number of alkyl halides is 4. The van der Waals surface area contributed by atoms with Crippen molar-refractivity contribution in [2.24, 2.45) is 0 Å². The van der Waals surface area contributed by atoms with Gasteiger partial charge in [0.1, 0.15) is 0 Å². The number of rotatable bonds is 6. The molecule has 102 valence electrons. The molecule has 1 amide bonds. The third-order valence-electron chi connectivity index (χ3n) is 2.02. The van der Waals surface area contributed by atoms with Gasteiger partial charge in [0.15, 0.2) is 0 Å². The van der Waals surface area contributed by atoms with E-state index >= 15 is 0 Å². The van der Waals surface area contributed by atoms with E-state index in [1.165, 1.54) is 18.3 Å². The maximum absolute atomic E-state index is 12.6. The second-order valence-electron chi connectivity index (χ2n) is 3.60. The number of carbonyl (C=O) groups excluding carboxylic acids is 1. The lowest BCUT2D eigenvalue weighted by atomic mass is 10.3. The Morgan fingerprint density at radius 2 is 2.17 bits per heavy atom. The first-order chi connectivity index (χ1) is 8.33. The van der Waals surface area contributed by atoms with Crippen LogP contribution in [0.2, 0.25) is 0 Å². The van der Waals surface area contributed by atoms with E-state index in [0.717, 1.165) is 0 Å². The van der Waals surface area contributed by atoms with Gasteiger partial charge >= 0.3 is 12.3 Å². The molecule has 0 aliphatic carbocycles. The predicted octanol–water partition coefficient (Wildman–Crippen LogP) is 2.70. The lowest BCUT2D eigenvalue weighted by Gasteiger charge is -2.15. The van der Waals surface area contributed by atoms with Crippen molar-refractivity contribution in [3.63, 3.8) is 0 Å². The molecule has 18 heavy (non-hydrogen) atoms. The quantitative estimate of drug-likeness (QED) is 0.789. The molecule has 0 spiro atoms. The molecule has 0 aromatic carbocycles. The Morgan fingerprint density at radius 3 is 2.72 bits per heavy atom. The summed E-state index contributed by atoms with van der Waals surface area (Å²) in [5, 5.41) is 6.45. The minimum absolute atomic E-state index is 0.00438. The summed E-state index contributed by atoms with van der Waals surface area (Å²) >= 11 is 1.24. The summed E-state index contributed by atoms with van der Waals surface area (Å²) in [5.74, 6) is -4.33.